The lowest BCUT2D eigenvalue weighted by molar-refractivity contribution is -0.137. The molecule has 100 valence electrons. The number of hydrogen-bond donors (Lipinski definition) is 2. The molecule has 0 bridgehead atoms. The number of halogens is 3. The summed E-state index contributed by atoms with van der Waals surface area (Å²) in [4.78, 5) is 0.626. The highest BCUT2D eigenvalue weighted by atomic mass is 32.2. The van der Waals surface area contributed by atoms with E-state index in [9.17, 15) is 13.2 Å². The van der Waals surface area contributed by atoms with E-state index in [0.29, 0.717) is 4.90 Å². The van der Waals surface area contributed by atoms with Crippen molar-refractivity contribution in [3.63, 3.8) is 0 Å². The summed E-state index contributed by atoms with van der Waals surface area (Å²) in [5, 5.41) is 9.16. The Kier molecular flexibility index (Phi) is 3.86. The van der Waals surface area contributed by atoms with Gasteiger partial charge in [-0.15, -0.1) is 11.3 Å². The fraction of sp³-hybridized carbons (Fsp3) is 0.0833. The highest BCUT2D eigenvalue weighted by Crippen LogP contribution is 2.36. The molecule has 3 N–H and O–H groups in total. The quantitative estimate of drug-likeness (QED) is 0.659. The first-order valence-electron chi connectivity index (χ1n) is 5.15. The Labute approximate surface area is 116 Å². The van der Waals surface area contributed by atoms with Gasteiger partial charge in [-0.25, -0.2) is 0 Å². The molecule has 0 radical (unpaired) electrons. The van der Waals surface area contributed by atoms with Crippen LogP contribution in [0.4, 0.5) is 13.2 Å². The molecule has 19 heavy (non-hydrogen) atoms. The summed E-state index contributed by atoms with van der Waals surface area (Å²) in [7, 11) is 0. The van der Waals surface area contributed by atoms with E-state index in [0.717, 1.165) is 10.3 Å². The van der Waals surface area contributed by atoms with Gasteiger partial charge in [0, 0.05) is 10.5 Å². The van der Waals surface area contributed by atoms with Gasteiger partial charge in [-0.05, 0) is 29.6 Å². The van der Waals surface area contributed by atoms with E-state index in [1.165, 1.54) is 35.2 Å². The predicted octanol–water partition coefficient (Wildman–Crippen LogP) is 4.20. The number of alkyl halides is 3. The van der Waals surface area contributed by atoms with Crippen molar-refractivity contribution < 1.29 is 13.2 Å². The summed E-state index contributed by atoms with van der Waals surface area (Å²) in [6.45, 7) is 0. The zero-order valence-corrected chi connectivity index (χ0v) is 11.1. The molecule has 0 fully saturated rings. The molecule has 0 saturated heterocycles. The van der Waals surface area contributed by atoms with Crippen molar-refractivity contribution in [3.8, 4) is 0 Å². The molecule has 0 unspecified atom stereocenters. The fourth-order valence-electron chi connectivity index (χ4n) is 1.49. The number of nitrogens with one attached hydrogen (secondary N) is 1. The first-order chi connectivity index (χ1) is 8.88. The largest absolute Gasteiger partial charge is 0.417 e. The molecule has 0 aliphatic rings. The van der Waals surface area contributed by atoms with Gasteiger partial charge in [0.05, 0.1) is 9.77 Å². The summed E-state index contributed by atoms with van der Waals surface area (Å²) in [5.74, 6) is -0.582. The van der Waals surface area contributed by atoms with E-state index in [-0.39, 0.29) is 5.56 Å². The lowest BCUT2D eigenvalue weighted by atomic mass is 10.1. The Morgan fingerprint density at radius 3 is 2.53 bits per heavy atom. The van der Waals surface area contributed by atoms with E-state index in [2.05, 4.69) is 0 Å². The minimum absolute atomic E-state index is 0.283. The molecule has 0 aliphatic carbocycles. The van der Waals surface area contributed by atoms with Crippen LogP contribution in [0.25, 0.3) is 0 Å². The highest BCUT2D eigenvalue weighted by molar-refractivity contribution is 8.01. The average molecular weight is 302 g/mol. The number of rotatable bonds is 3. The van der Waals surface area contributed by atoms with Crippen molar-refractivity contribution in [1.82, 2.24) is 0 Å². The second kappa shape index (κ2) is 5.26. The zero-order chi connectivity index (χ0) is 14.0. The molecule has 2 nitrogen and oxygen atoms in total. The van der Waals surface area contributed by atoms with Crippen LogP contribution >= 0.6 is 23.1 Å². The maximum Gasteiger partial charge on any atom is 0.417 e. The van der Waals surface area contributed by atoms with Crippen molar-refractivity contribution in [3.05, 3.63) is 46.8 Å². The molecule has 1 aromatic heterocycles. The van der Waals surface area contributed by atoms with Gasteiger partial charge < -0.3 is 5.73 Å². The number of thiophene rings is 1. The maximum absolute atomic E-state index is 12.8. The smallest absolute Gasteiger partial charge is 0.384 e. The molecule has 1 heterocycles. The van der Waals surface area contributed by atoms with Gasteiger partial charge >= 0.3 is 6.18 Å². The SMILES string of the molecule is N=C(N)c1cc(Sc2cccs2)ccc1C(F)(F)F. The van der Waals surface area contributed by atoms with Crippen molar-refractivity contribution in [2.24, 2.45) is 5.73 Å². The Morgan fingerprint density at radius 2 is 2.00 bits per heavy atom. The standard InChI is InChI=1S/C12H9F3N2S2/c13-12(14,15)9-4-3-7(6-8(9)11(16)17)19-10-2-1-5-18-10/h1-6H,(H3,16,17). The van der Waals surface area contributed by atoms with Gasteiger partial charge in [0.25, 0.3) is 0 Å². The number of nitrogen functional groups attached to an aromatic ring is 1. The molecule has 0 aliphatic heterocycles. The van der Waals surface area contributed by atoms with Crippen molar-refractivity contribution in [1.29, 1.82) is 5.41 Å². The fourth-order valence-corrected chi connectivity index (χ4v) is 3.28. The molecule has 0 spiro atoms. The maximum atomic E-state index is 12.8. The lowest BCUT2D eigenvalue weighted by Gasteiger charge is -2.13. The minimum atomic E-state index is -4.51. The molecular formula is C12H9F3N2S2. The second-order valence-corrected chi connectivity index (χ2v) is 5.97. The van der Waals surface area contributed by atoms with E-state index < -0.39 is 17.6 Å². The van der Waals surface area contributed by atoms with Crippen LogP contribution in [0.5, 0.6) is 0 Å². The van der Waals surface area contributed by atoms with Crippen LogP contribution in [-0.2, 0) is 6.18 Å². The average Bonchev–Trinajstić information content (AvgIpc) is 2.80. The molecule has 0 atom stereocenters. The third-order valence-electron chi connectivity index (χ3n) is 2.30. The van der Waals surface area contributed by atoms with Gasteiger partial charge in [0.15, 0.2) is 0 Å². The third-order valence-corrected chi connectivity index (χ3v) is 4.33. The first kappa shape index (κ1) is 14.0. The highest BCUT2D eigenvalue weighted by Gasteiger charge is 2.34. The van der Waals surface area contributed by atoms with Crippen LogP contribution < -0.4 is 5.73 Å². The summed E-state index contributed by atoms with van der Waals surface area (Å²) in [6.07, 6.45) is -4.51. The van der Waals surface area contributed by atoms with Gasteiger partial charge in [0.1, 0.15) is 5.84 Å². The van der Waals surface area contributed by atoms with Crippen LogP contribution in [0.1, 0.15) is 11.1 Å². The molecule has 2 aromatic rings. The summed E-state index contributed by atoms with van der Waals surface area (Å²) in [6, 6.07) is 7.39. The van der Waals surface area contributed by atoms with Crippen LogP contribution in [0.2, 0.25) is 0 Å². The van der Waals surface area contributed by atoms with Crippen LogP contribution in [-0.4, -0.2) is 5.84 Å². The molecule has 1 aromatic carbocycles. The minimum Gasteiger partial charge on any atom is -0.384 e. The number of benzene rings is 1. The molecule has 7 heteroatoms. The predicted molar refractivity (Wildman–Crippen MR) is 70.9 cm³/mol. The first-order valence-corrected chi connectivity index (χ1v) is 6.84. The molecular weight excluding hydrogens is 293 g/mol. The van der Waals surface area contributed by atoms with Crippen LogP contribution in [0.15, 0.2) is 44.8 Å². The zero-order valence-electron chi connectivity index (χ0n) is 9.49. The summed E-state index contributed by atoms with van der Waals surface area (Å²) < 4.78 is 39.2. The topological polar surface area (TPSA) is 49.9 Å². The van der Waals surface area contributed by atoms with E-state index in [1.807, 2.05) is 17.5 Å². The number of nitrogens with two attached hydrogens (primary N) is 1. The molecule has 0 amide bonds. The van der Waals surface area contributed by atoms with Crippen LogP contribution in [0, 0.1) is 5.41 Å². The Bertz CT molecular complexity index is 592. The number of hydrogen-bond acceptors (Lipinski definition) is 3. The third kappa shape index (κ3) is 3.30. The van der Waals surface area contributed by atoms with E-state index in [4.69, 9.17) is 11.1 Å². The lowest BCUT2D eigenvalue weighted by Crippen LogP contribution is -2.18. The van der Waals surface area contributed by atoms with Crippen molar-refractivity contribution in [2.75, 3.05) is 0 Å². The van der Waals surface area contributed by atoms with Gasteiger partial charge in [0.2, 0.25) is 0 Å². The second-order valence-electron chi connectivity index (χ2n) is 3.65. The summed E-state index contributed by atoms with van der Waals surface area (Å²) in [5.41, 5.74) is 4.07. The van der Waals surface area contributed by atoms with Gasteiger partial charge in [-0.1, -0.05) is 17.8 Å². The Hall–Kier alpha value is -1.47. The Morgan fingerprint density at radius 1 is 1.26 bits per heavy atom. The molecule has 0 saturated carbocycles. The van der Waals surface area contributed by atoms with Gasteiger partial charge in [-0.2, -0.15) is 13.2 Å². The van der Waals surface area contributed by atoms with E-state index in [1.54, 1.807) is 0 Å². The normalized spacial score (nSPS) is 11.5. The molecule has 2 rings (SSSR count). The van der Waals surface area contributed by atoms with Crippen molar-refractivity contribution >= 4 is 28.9 Å². The van der Waals surface area contributed by atoms with Gasteiger partial charge in [-0.3, -0.25) is 5.41 Å². The van der Waals surface area contributed by atoms with Crippen molar-refractivity contribution in [2.45, 2.75) is 15.3 Å². The number of amidine groups is 1. The van der Waals surface area contributed by atoms with E-state index >= 15 is 0 Å². The Balaban J connectivity index is 2.39. The van der Waals surface area contributed by atoms with Crippen LogP contribution in [0.3, 0.4) is 0 Å². The summed E-state index contributed by atoms with van der Waals surface area (Å²) >= 11 is 2.84. The monoisotopic (exact) mass is 302 g/mol.